The van der Waals surface area contributed by atoms with Gasteiger partial charge >= 0.3 is 12.1 Å². The van der Waals surface area contributed by atoms with Crippen molar-refractivity contribution in [2.75, 3.05) is 13.2 Å². The number of amides is 3. The van der Waals surface area contributed by atoms with Gasteiger partial charge in [-0.15, -0.1) is 0 Å². The topological polar surface area (TPSA) is 154 Å². The molecular weight excluding hydrogens is 602 g/mol. The summed E-state index contributed by atoms with van der Waals surface area (Å²) >= 11 is 0. The van der Waals surface area contributed by atoms with Crippen LogP contribution in [0.1, 0.15) is 96.9 Å². The number of alkyl carbamates (subject to hydrolysis) is 1. The molecule has 0 spiro atoms. The first-order valence-electron chi connectivity index (χ1n) is 16.2. The molecule has 4 N–H and O–H groups in total. The minimum Gasteiger partial charge on any atom is -0.507 e. The van der Waals surface area contributed by atoms with E-state index >= 15 is 0 Å². The van der Waals surface area contributed by atoms with Gasteiger partial charge in [0, 0.05) is 18.5 Å². The molecule has 0 aliphatic rings. The van der Waals surface area contributed by atoms with Gasteiger partial charge in [-0.3, -0.25) is 9.59 Å². The summed E-state index contributed by atoms with van der Waals surface area (Å²) < 4.78 is 11.0. The van der Waals surface area contributed by atoms with E-state index in [1.807, 2.05) is 37.3 Å². The van der Waals surface area contributed by atoms with Gasteiger partial charge in [0.1, 0.15) is 35.1 Å². The molecule has 0 aromatic heterocycles. The number of phenols is 1. The van der Waals surface area contributed by atoms with Gasteiger partial charge in [0.25, 0.3) is 0 Å². The molecule has 0 radical (unpaired) electrons. The van der Waals surface area contributed by atoms with Gasteiger partial charge in [0.15, 0.2) is 0 Å². The van der Waals surface area contributed by atoms with Crippen LogP contribution in [0.25, 0.3) is 0 Å². The van der Waals surface area contributed by atoms with Crippen LogP contribution < -0.4 is 10.6 Å². The smallest absolute Gasteiger partial charge is 0.408 e. The van der Waals surface area contributed by atoms with Crippen molar-refractivity contribution >= 4 is 23.9 Å². The average molecular weight is 656 g/mol. The number of benzene rings is 2. The molecule has 0 aliphatic heterocycles. The molecule has 11 nitrogen and oxygen atoms in total. The van der Waals surface area contributed by atoms with Crippen molar-refractivity contribution in [3.8, 4) is 5.75 Å². The maximum absolute atomic E-state index is 14.4. The van der Waals surface area contributed by atoms with Crippen molar-refractivity contribution in [1.82, 2.24) is 15.5 Å². The van der Waals surface area contributed by atoms with Crippen LogP contribution in [-0.2, 0) is 30.3 Å². The Morgan fingerprint density at radius 1 is 0.830 bits per heavy atom. The second-order valence-corrected chi connectivity index (χ2v) is 13.7. The van der Waals surface area contributed by atoms with E-state index in [0.717, 1.165) is 24.8 Å². The van der Waals surface area contributed by atoms with Gasteiger partial charge < -0.3 is 35.2 Å². The number of phenolic OH excluding ortho intramolecular Hbond substituents is 1. The average Bonchev–Trinajstić information content (AvgIpc) is 2.97. The minimum atomic E-state index is -1.45. The number of unbranched alkanes of at least 4 members (excludes halogenated alkanes) is 3. The SMILES string of the molecule is CCCCCCN(C(=O)C(CO)NC(=O)OC(C)(C)C)C(C(=O)NC(Cc1ccccc1)C(=O)OC(C)(C)C)c1cccc(C)c1O. The Balaban J connectivity index is 2.63. The highest BCUT2D eigenvalue weighted by Crippen LogP contribution is 2.33. The molecule has 2 rings (SSSR count). The summed E-state index contributed by atoms with van der Waals surface area (Å²) in [6.45, 7) is 13.2. The van der Waals surface area contributed by atoms with Gasteiger partial charge in [0.05, 0.1) is 6.61 Å². The number of nitrogens with one attached hydrogen (secondary N) is 2. The number of aromatic hydroxyl groups is 1. The molecule has 2 aromatic rings. The lowest BCUT2D eigenvalue weighted by atomic mass is 9.97. The molecule has 0 fully saturated rings. The predicted octanol–water partition coefficient (Wildman–Crippen LogP) is 5.11. The fourth-order valence-electron chi connectivity index (χ4n) is 4.93. The van der Waals surface area contributed by atoms with Gasteiger partial charge in [-0.1, -0.05) is 74.7 Å². The van der Waals surface area contributed by atoms with Gasteiger partial charge in [-0.05, 0) is 66.0 Å². The van der Waals surface area contributed by atoms with Crippen LogP contribution in [-0.4, -0.2) is 75.4 Å². The van der Waals surface area contributed by atoms with Crippen LogP contribution in [0, 0.1) is 6.92 Å². The molecule has 3 atom stereocenters. The van der Waals surface area contributed by atoms with E-state index < -0.39 is 59.8 Å². The van der Waals surface area contributed by atoms with E-state index in [-0.39, 0.29) is 24.3 Å². The van der Waals surface area contributed by atoms with E-state index in [4.69, 9.17) is 9.47 Å². The summed E-state index contributed by atoms with van der Waals surface area (Å²) in [7, 11) is 0. The number of carbonyl (C=O) groups excluding carboxylic acids is 4. The lowest BCUT2D eigenvalue weighted by Crippen LogP contribution is -2.56. The molecule has 3 unspecified atom stereocenters. The Morgan fingerprint density at radius 3 is 2.04 bits per heavy atom. The summed E-state index contributed by atoms with van der Waals surface area (Å²) in [6, 6.07) is 9.97. The van der Waals surface area contributed by atoms with E-state index in [1.165, 1.54) is 11.0 Å². The lowest BCUT2D eigenvalue weighted by Gasteiger charge is -2.35. The monoisotopic (exact) mass is 655 g/mol. The fraction of sp³-hybridized carbons (Fsp3) is 0.556. The molecule has 3 amide bonds. The molecule has 260 valence electrons. The van der Waals surface area contributed by atoms with Crippen LogP contribution >= 0.6 is 0 Å². The van der Waals surface area contributed by atoms with Crippen LogP contribution in [0.2, 0.25) is 0 Å². The first-order valence-corrected chi connectivity index (χ1v) is 16.2. The van der Waals surface area contributed by atoms with E-state index in [9.17, 15) is 29.4 Å². The van der Waals surface area contributed by atoms with Crippen LogP contribution in [0.3, 0.4) is 0 Å². The van der Waals surface area contributed by atoms with E-state index in [1.54, 1.807) is 60.6 Å². The second-order valence-electron chi connectivity index (χ2n) is 13.7. The highest BCUT2D eigenvalue weighted by molar-refractivity contribution is 5.94. The molecule has 0 bridgehead atoms. The van der Waals surface area contributed by atoms with Crippen molar-refractivity contribution < 1.29 is 38.9 Å². The number of para-hydroxylation sites is 1. The molecule has 0 aliphatic carbocycles. The standard InChI is InChI=1S/C36H53N3O8/c1-9-10-11-15-21-39(32(43)28(23-40)38-34(45)47-36(6,7)8)29(26-20-16-17-24(2)30(26)41)31(42)37-27(33(44)46-35(3,4)5)22-25-18-13-12-14-19-25/h12-14,16-20,27-29,40-41H,9-11,15,21-23H2,1-8H3,(H,37,42)(H,38,45). The maximum atomic E-state index is 14.4. The Morgan fingerprint density at radius 2 is 1.47 bits per heavy atom. The normalized spacial score (nSPS) is 13.6. The van der Waals surface area contributed by atoms with Crippen molar-refractivity contribution in [3.63, 3.8) is 0 Å². The highest BCUT2D eigenvalue weighted by Gasteiger charge is 2.39. The Hall–Kier alpha value is -4.12. The van der Waals surface area contributed by atoms with Gasteiger partial charge in [-0.25, -0.2) is 9.59 Å². The molecule has 0 heterocycles. The molecule has 11 heteroatoms. The third-order valence-electron chi connectivity index (χ3n) is 7.12. The maximum Gasteiger partial charge on any atom is 0.408 e. The Bertz CT molecular complexity index is 1330. The van der Waals surface area contributed by atoms with Crippen molar-refractivity contribution in [3.05, 3.63) is 65.2 Å². The zero-order valence-electron chi connectivity index (χ0n) is 29.1. The number of carbonyl (C=O) groups is 4. The summed E-state index contributed by atoms with van der Waals surface area (Å²) in [4.78, 5) is 56.0. The molecule has 0 saturated heterocycles. The number of rotatable bonds is 15. The largest absolute Gasteiger partial charge is 0.507 e. The first kappa shape index (κ1) is 39.1. The number of hydrogen-bond donors (Lipinski definition) is 4. The van der Waals surface area contributed by atoms with Crippen LogP contribution in [0.4, 0.5) is 4.79 Å². The third kappa shape index (κ3) is 12.9. The summed E-state index contributed by atoms with van der Waals surface area (Å²) in [6.07, 6.45) is 2.24. The number of nitrogens with zero attached hydrogens (tertiary/aromatic N) is 1. The fourth-order valence-corrected chi connectivity index (χ4v) is 4.93. The Kier molecular flexibility index (Phi) is 14.7. The zero-order chi connectivity index (χ0) is 35.4. The van der Waals surface area contributed by atoms with Gasteiger partial charge in [0.2, 0.25) is 11.8 Å². The van der Waals surface area contributed by atoms with Crippen molar-refractivity contribution in [2.45, 2.75) is 117 Å². The minimum absolute atomic E-state index is 0.0621. The molecule has 47 heavy (non-hydrogen) atoms. The van der Waals surface area contributed by atoms with Crippen LogP contribution in [0.5, 0.6) is 5.75 Å². The molecule has 0 saturated carbocycles. The molecule has 2 aromatic carbocycles. The quantitative estimate of drug-likeness (QED) is 0.153. The zero-order valence-corrected chi connectivity index (χ0v) is 29.1. The third-order valence-corrected chi connectivity index (χ3v) is 7.12. The number of aliphatic hydroxyl groups excluding tert-OH is 1. The van der Waals surface area contributed by atoms with Crippen molar-refractivity contribution in [2.24, 2.45) is 0 Å². The predicted molar refractivity (Wildman–Crippen MR) is 180 cm³/mol. The second kappa shape index (κ2) is 17.7. The number of esters is 1. The lowest BCUT2D eigenvalue weighted by molar-refractivity contribution is -0.159. The van der Waals surface area contributed by atoms with Crippen LogP contribution in [0.15, 0.2) is 48.5 Å². The van der Waals surface area contributed by atoms with E-state index in [0.29, 0.717) is 12.0 Å². The number of aliphatic hydroxyl groups is 1. The number of ether oxygens (including phenoxy) is 2. The highest BCUT2D eigenvalue weighted by atomic mass is 16.6. The van der Waals surface area contributed by atoms with Gasteiger partial charge in [-0.2, -0.15) is 0 Å². The Labute approximate surface area is 279 Å². The molecular formula is C36H53N3O8. The van der Waals surface area contributed by atoms with E-state index in [2.05, 4.69) is 10.6 Å². The number of hydrogen-bond acceptors (Lipinski definition) is 8. The summed E-state index contributed by atoms with van der Waals surface area (Å²) in [5.74, 6) is -2.36. The van der Waals surface area contributed by atoms with Crippen molar-refractivity contribution in [1.29, 1.82) is 0 Å². The summed E-state index contributed by atoms with van der Waals surface area (Å²) in [5, 5.41) is 26.7. The first-order chi connectivity index (χ1) is 22.0. The number of aryl methyl sites for hydroxylation is 1. The summed E-state index contributed by atoms with van der Waals surface area (Å²) in [5.41, 5.74) is -0.334.